The molecule has 18 heavy (non-hydrogen) atoms. The minimum absolute atomic E-state index is 0.818. The van der Waals surface area contributed by atoms with Crippen LogP contribution in [-0.4, -0.2) is 4.57 Å². The predicted octanol–water partition coefficient (Wildman–Crippen LogP) is 2.68. The number of benzene rings is 2. The SMILES string of the molecule is Cn1c(-c2ccc3ccccc3c2)cs/c1=N\N. The van der Waals surface area contributed by atoms with Gasteiger partial charge in [-0.25, -0.2) is 0 Å². The maximum atomic E-state index is 5.35. The molecule has 0 bridgehead atoms. The lowest BCUT2D eigenvalue weighted by molar-refractivity contribution is 0.863. The first kappa shape index (κ1) is 11.0. The first-order valence-electron chi connectivity index (χ1n) is 5.67. The van der Waals surface area contributed by atoms with Crippen molar-refractivity contribution in [2.75, 3.05) is 0 Å². The Hall–Kier alpha value is -2.07. The summed E-state index contributed by atoms with van der Waals surface area (Å²) >= 11 is 1.55. The fourth-order valence-corrected chi connectivity index (χ4v) is 2.93. The highest BCUT2D eigenvalue weighted by molar-refractivity contribution is 7.07. The molecule has 0 aliphatic carbocycles. The van der Waals surface area contributed by atoms with Gasteiger partial charge in [0.25, 0.3) is 0 Å². The van der Waals surface area contributed by atoms with E-state index in [-0.39, 0.29) is 0 Å². The number of thiazole rings is 1. The molecule has 1 heterocycles. The van der Waals surface area contributed by atoms with Crippen LogP contribution in [0.3, 0.4) is 0 Å². The van der Waals surface area contributed by atoms with E-state index < -0.39 is 0 Å². The molecule has 0 atom stereocenters. The van der Waals surface area contributed by atoms with Gasteiger partial charge in [0.1, 0.15) is 0 Å². The van der Waals surface area contributed by atoms with Crippen molar-refractivity contribution in [1.29, 1.82) is 0 Å². The number of rotatable bonds is 1. The molecule has 0 saturated carbocycles. The third kappa shape index (κ3) is 1.71. The summed E-state index contributed by atoms with van der Waals surface area (Å²) in [4.78, 5) is 0.818. The highest BCUT2D eigenvalue weighted by atomic mass is 32.1. The summed E-state index contributed by atoms with van der Waals surface area (Å²) < 4.78 is 2.01. The Morgan fingerprint density at radius 2 is 1.89 bits per heavy atom. The Kier molecular flexibility index (Phi) is 2.64. The van der Waals surface area contributed by atoms with E-state index in [1.807, 2.05) is 11.6 Å². The van der Waals surface area contributed by atoms with Gasteiger partial charge in [0.05, 0.1) is 5.69 Å². The van der Waals surface area contributed by atoms with Gasteiger partial charge in [0, 0.05) is 12.4 Å². The topological polar surface area (TPSA) is 43.3 Å². The van der Waals surface area contributed by atoms with Crippen LogP contribution in [0.1, 0.15) is 0 Å². The average Bonchev–Trinajstić information content (AvgIpc) is 2.79. The lowest BCUT2D eigenvalue weighted by Gasteiger charge is -2.04. The van der Waals surface area contributed by atoms with Crippen molar-refractivity contribution in [2.24, 2.45) is 18.0 Å². The molecule has 2 aromatic carbocycles. The molecule has 0 unspecified atom stereocenters. The minimum Gasteiger partial charge on any atom is -0.320 e. The van der Waals surface area contributed by atoms with Crippen LogP contribution in [0, 0.1) is 0 Å². The fourth-order valence-electron chi connectivity index (χ4n) is 2.10. The molecular weight excluding hydrogens is 242 g/mol. The van der Waals surface area contributed by atoms with Crippen molar-refractivity contribution >= 4 is 22.1 Å². The van der Waals surface area contributed by atoms with Gasteiger partial charge in [-0.05, 0) is 22.4 Å². The first-order chi connectivity index (χ1) is 8.79. The van der Waals surface area contributed by atoms with Crippen LogP contribution in [-0.2, 0) is 7.05 Å². The van der Waals surface area contributed by atoms with Gasteiger partial charge in [0.2, 0.25) is 4.80 Å². The van der Waals surface area contributed by atoms with Crippen molar-refractivity contribution in [3.05, 3.63) is 52.6 Å². The summed E-state index contributed by atoms with van der Waals surface area (Å²) in [6.07, 6.45) is 0. The van der Waals surface area contributed by atoms with Crippen molar-refractivity contribution in [3.8, 4) is 11.3 Å². The van der Waals surface area contributed by atoms with Gasteiger partial charge in [-0.1, -0.05) is 36.4 Å². The Bertz CT molecular complexity index is 768. The zero-order valence-electron chi connectivity index (χ0n) is 10.00. The van der Waals surface area contributed by atoms with Crippen LogP contribution >= 0.6 is 11.3 Å². The fraction of sp³-hybridized carbons (Fsp3) is 0.0714. The summed E-state index contributed by atoms with van der Waals surface area (Å²) in [7, 11) is 1.98. The Labute approximate surface area is 109 Å². The lowest BCUT2D eigenvalue weighted by Crippen LogP contribution is -2.13. The maximum Gasteiger partial charge on any atom is 0.207 e. The van der Waals surface area contributed by atoms with Crippen molar-refractivity contribution in [3.63, 3.8) is 0 Å². The van der Waals surface area contributed by atoms with Gasteiger partial charge in [-0.15, -0.1) is 11.3 Å². The van der Waals surface area contributed by atoms with Crippen LogP contribution < -0.4 is 10.6 Å². The normalized spacial score (nSPS) is 12.2. The average molecular weight is 255 g/mol. The number of fused-ring (bicyclic) bond motifs is 1. The van der Waals surface area contributed by atoms with E-state index in [1.54, 1.807) is 11.3 Å². The van der Waals surface area contributed by atoms with Gasteiger partial charge in [0.15, 0.2) is 0 Å². The highest BCUT2D eigenvalue weighted by Gasteiger charge is 2.05. The lowest BCUT2D eigenvalue weighted by atomic mass is 10.1. The molecular formula is C14H13N3S. The van der Waals surface area contributed by atoms with Crippen LogP contribution in [0.2, 0.25) is 0 Å². The maximum absolute atomic E-state index is 5.35. The smallest absolute Gasteiger partial charge is 0.207 e. The molecule has 4 heteroatoms. The van der Waals surface area contributed by atoms with Gasteiger partial charge >= 0.3 is 0 Å². The van der Waals surface area contributed by atoms with Crippen molar-refractivity contribution < 1.29 is 0 Å². The van der Waals surface area contributed by atoms with Crippen molar-refractivity contribution in [1.82, 2.24) is 4.57 Å². The minimum atomic E-state index is 0.818. The molecule has 3 nitrogen and oxygen atoms in total. The predicted molar refractivity (Wildman–Crippen MR) is 76.0 cm³/mol. The monoisotopic (exact) mass is 255 g/mol. The molecule has 0 aliphatic rings. The van der Waals surface area contributed by atoms with Crippen LogP contribution in [0.15, 0.2) is 52.9 Å². The zero-order valence-corrected chi connectivity index (χ0v) is 10.8. The summed E-state index contributed by atoms with van der Waals surface area (Å²) in [5.41, 5.74) is 2.32. The van der Waals surface area contributed by atoms with Gasteiger partial charge in [-0.3, -0.25) is 0 Å². The third-order valence-electron chi connectivity index (χ3n) is 3.08. The summed E-state index contributed by atoms with van der Waals surface area (Å²) in [6.45, 7) is 0. The standard InChI is InChI=1S/C14H13N3S/c1-17-13(9-18-14(17)16-15)12-7-6-10-4-2-3-5-11(10)8-12/h2-9H,15H2,1H3/b16-14-. The number of nitrogens with two attached hydrogens (primary N) is 1. The quantitative estimate of drug-likeness (QED) is 0.527. The van der Waals surface area contributed by atoms with E-state index in [9.17, 15) is 0 Å². The van der Waals surface area contributed by atoms with Gasteiger partial charge in [-0.2, -0.15) is 5.10 Å². The molecule has 0 fully saturated rings. The molecule has 0 amide bonds. The summed E-state index contributed by atoms with van der Waals surface area (Å²) in [5, 5.41) is 8.33. The molecule has 0 spiro atoms. The zero-order chi connectivity index (χ0) is 12.5. The van der Waals surface area contributed by atoms with Crippen LogP contribution in [0.4, 0.5) is 0 Å². The van der Waals surface area contributed by atoms with E-state index >= 15 is 0 Å². The number of nitrogens with zero attached hydrogens (tertiary/aromatic N) is 2. The first-order valence-corrected chi connectivity index (χ1v) is 6.55. The van der Waals surface area contributed by atoms with E-state index in [0.29, 0.717) is 0 Å². The third-order valence-corrected chi connectivity index (χ3v) is 4.01. The van der Waals surface area contributed by atoms with E-state index in [0.717, 1.165) is 10.5 Å². The summed E-state index contributed by atoms with van der Waals surface area (Å²) in [5.74, 6) is 5.35. The Morgan fingerprint density at radius 3 is 2.61 bits per heavy atom. The second-order valence-electron chi connectivity index (χ2n) is 4.15. The largest absolute Gasteiger partial charge is 0.320 e. The molecule has 3 aromatic rings. The second-order valence-corrected chi connectivity index (χ2v) is 4.99. The highest BCUT2D eigenvalue weighted by Crippen LogP contribution is 2.24. The summed E-state index contributed by atoms with van der Waals surface area (Å²) in [6, 6.07) is 14.8. The Morgan fingerprint density at radius 1 is 1.11 bits per heavy atom. The molecule has 0 saturated heterocycles. The van der Waals surface area contributed by atoms with E-state index in [2.05, 4.69) is 52.9 Å². The molecule has 2 N–H and O–H groups in total. The van der Waals surface area contributed by atoms with Crippen molar-refractivity contribution in [2.45, 2.75) is 0 Å². The second kappa shape index (κ2) is 4.31. The van der Waals surface area contributed by atoms with Crippen LogP contribution in [0.25, 0.3) is 22.0 Å². The molecule has 3 rings (SSSR count). The van der Waals surface area contributed by atoms with E-state index in [1.165, 1.54) is 16.3 Å². The number of aromatic nitrogens is 1. The number of hydrogen-bond acceptors (Lipinski definition) is 3. The molecule has 0 aliphatic heterocycles. The molecule has 0 radical (unpaired) electrons. The van der Waals surface area contributed by atoms with Gasteiger partial charge < -0.3 is 10.4 Å². The van der Waals surface area contributed by atoms with E-state index in [4.69, 9.17) is 5.84 Å². The molecule has 90 valence electrons. The molecule has 1 aromatic heterocycles. The Balaban J connectivity index is 2.22. The van der Waals surface area contributed by atoms with Crippen LogP contribution in [0.5, 0.6) is 0 Å². The number of hydrogen-bond donors (Lipinski definition) is 1.